The summed E-state index contributed by atoms with van der Waals surface area (Å²) < 4.78 is 5.10. The maximum atomic E-state index is 2.54. The van der Waals surface area contributed by atoms with Crippen LogP contribution in [0.25, 0.3) is 103 Å². The summed E-state index contributed by atoms with van der Waals surface area (Å²) in [5.74, 6) is 0. The molecule has 0 unspecified atom stereocenters. The first-order valence-electron chi connectivity index (χ1n) is 26.2. The molecule has 14 aromatic rings. The van der Waals surface area contributed by atoms with Gasteiger partial charge in [0.2, 0.25) is 0 Å². The van der Waals surface area contributed by atoms with Crippen LogP contribution in [0.1, 0.15) is 22.3 Å². The van der Waals surface area contributed by atoms with E-state index in [-0.39, 0.29) is 0 Å². The van der Waals surface area contributed by atoms with E-state index in [1.165, 1.54) is 120 Å². The Labute approximate surface area is 445 Å². The lowest BCUT2D eigenvalue weighted by Gasteiger charge is -2.32. The number of anilines is 3. The van der Waals surface area contributed by atoms with E-state index < -0.39 is 5.41 Å². The van der Waals surface area contributed by atoms with Crippen molar-refractivity contribution in [3.8, 4) is 61.3 Å². The Morgan fingerprint density at radius 1 is 0.329 bits per heavy atom. The van der Waals surface area contributed by atoms with Crippen molar-refractivity contribution >= 4 is 70.4 Å². The summed E-state index contributed by atoms with van der Waals surface area (Å²) in [5.41, 5.74) is 24.3. The number of aromatic nitrogens is 1. The van der Waals surface area contributed by atoms with E-state index in [9.17, 15) is 0 Å². The molecule has 0 atom stereocenters. The van der Waals surface area contributed by atoms with E-state index in [1.54, 1.807) is 0 Å². The molecule has 1 spiro atoms. The standard InChI is InChI=1S/C73H46N2S/c1-3-20-47(21-4-1)48-40-42-50(43-41-48)74(65-36-15-10-24-52(65)49-22-5-2-6-23-49)51-44-45-57-56-28-11-16-37-66(56)75(68(57)46-51)67-38-19-39-69-70(67)61-32-18-31-60(72(61)76-69)59-30-17-29-58-55-27-9-14-35-64(55)73(71(58)59)62-33-12-7-25-53(62)54-26-8-13-34-63(54)73/h1-46H. The molecular weight excluding hydrogens is 937 g/mol. The average Bonchev–Trinajstić information content (AvgIpc) is 4.40. The first kappa shape index (κ1) is 42.9. The first-order valence-corrected chi connectivity index (χ1v) is 27.1. The summed E-state index contributed by atoms with van der Waals surface area (Å²) in [6.07, 6.45) is 0. The van der Waals surface area contributed by atoms with Gasteiger partial charge in [-0.3, -0.25) is 0 Å². The van der Waals surface area contributed by atoms with E-state index in [2.05, 4.69) is 289 Å². The summed E-state index contributed by atoms with van der Waals surface area (Å²) in [6.45, 7) is 0. The topological polar surface area (TPSA) is 8.17 Å². The van der Waals surface area contributed by atoms with Gasteiger partial charge in [0, 0.05) is 47.9 Å². The van der Waals surface area contributed by atoms with Crippen molar-refractivity contribution in [2.24, 2.45) is 0 Å². The maximum absolute atomic E-state index is 2.54. The van der Waals surface area contributed by atoms with Crippen LogP contribution in [0, 0.1) is 0 Å². The third-order valence-corrected chi connectivity index (χ3v) is 17.6. The predicted molar refractivity (Wildman–Crippen MR) is 321 cm³/mol. The van der Waals surface area contributed by atoms with Crippen molar-refractivity contribution in [2.75, 3.05) is 4.90 Å². The van der Waals surface area contributed by atoms with Gasteiger partial charge in [-0.05, 0) is 121 Å². The zero-order chi connectivity index (χ0) is 49.9. The minimum absolute atomic E-state index is 0.459. The fraction of sp³-hybridized carbons (Fsp3) is 0.0137. The summed E-state index contributed by atoms with van der Waals surface area (Å²) in [5, 5.41) is 4.98. The Balaban J connectivity index is 0.920. The van der Waals surface area contributed by atoms with Gasteiger partial charge in [0.25, 0.3) is 0 Å². The Morgan fingerprint density at radius 3 is 1.55 bits per heavy atom. The lowest BCUT2D eigenvalue weighted by molar-refractivity contribution is 0.796. The van der Waals surface area contributed by atoms with Gasteiger partial charge >= 0.3 is 0 Å². The Bertz CT molecular complexity index is 4570. The number of rotatable bonds is 7. The van der Waals surface area contributed by atoms with Crippen LogP contribution in [0.4, 0.5) is 17.1 Å². The van der Waals surface area contributed by atoms with Gasteiger partial charge in [-0.1, -0.05) is 231 Å². The highest BCUT2D eigenvalue weighted by Crippen LogP contribution is 2.65. The second-order valence-corrected chi connectivity index (χ2v) is 21.3. The average molecular weight is 983 g/mol. The molecule has 3 heteroatoms. The molecule has 0 saturated carbocycles. The van der Waals surface area contributed by atoms with Gasteiger partial charge in [-0.15, -0.1) is 11.3 Å². The summed E-state index contributed by atoms with van der Waals surface area (Å²) >= 11 is 1.92. The molecular formula is C73H46N2S. The smallest absolute Gasteiger partial charge is 0.0731 e. The van der Waals surface area contributed by atoms with Crippen LogP contribution >= 0.6 is 11.3 Å². The molecule has 0 bridgehead atoms. The molecule has 12 aromatic carbocycles. The molecule has 0 aliphatic heterocycles. The van der Waals surface area contributed by atoms with E-state index in [0.717, 1.165) is 22.6 Å². The normalized spacial score (nSPS) is 12.8. The van der Waals surface area contributed by atoms with Crippen LogP contribution in [-0.4, -0.2) is 4.57 Å². The van der Waals surface area contributed by atoms with E-state index >= 15 is 0 Å². The number of hydrogen-bond acceptors (Lipinski definition) is 2. The van der Waals surface area contributed by atoms with Crippen LogP contribution in [0.15, 0.2) is 279 Å². The van der Waals surface area contributed by atoms with E-state index in [0.29, 0.717) is 0 Å². The highest BCUT2D eigenvalue weighted by molar-refractivity contribution is 7.26. The zero-order valence-electron chi connectivity index (χ0n) is 41.4. The maximum Gasteiger partial charge on any atom is 0.0731 e. The molecule has 2 aliphatic carbocycles. The lowest BCUT2D eigenvalue weighted by atomic mass is 9.68. The Morgan fingerprint density at radius 2 is 0.829 bits per heavy atom. The summed E-state index contributed by atoms with van der Waals surface area (Å²) in [7, 11) is 0. The van der Waals surface area contributed by atoms with Crippen molar-refractivity contribution in [3.05, 3.63) is 301 Å². The highest BCUT2D eigenvalue weighted by Gasteiger charge is 2.52. The van der Waals surface area contributed by atoms with E-state index in [4.69, 9.17) is 0 Å². The number of benzene rings is 12. The second-order valence-electron chi connectivity index (χ2n) is 20.2. The van der Waals surface area contributed by atoms with Crippen LogP contribution in [0.5, 0.6) is 0 Å². The fourth-order valence-corrected chi connectivity index (χ4v) is 14.6. The SMILES string of the molecule is c1ccc(-c2ccc(N(c3ccc4c5ccccc5n(-c5cccc6sc7c(-c8cccc9c8C8(c%10ccccc%10-c%10ccccc%108)c8ccccc8-9)cccc7c56)c4c3)c3ccccc3-c3ccccc3)cc2)cc1. The van der Waals surface area contributed by atoms with Gasteiger partial charge in [0.15, 0.2) is 0 Å². The summed E-state index contributed by atoms with van der Waals surface area (Å²) in [4.78, 5) is 2.44. The molecule has 2 nitrogen and oxygen atoms in total. The largest absolute Gasteiger partial charge is 0.310 e. The van der Waals surface area contributed by atoms with Crippen molar-refractivity contribution in [1.82, 2.24) is 4.57 Å². The molecule has 354 valence electrons. The molecule has 0 saturated heterocycles. The molecule has 0 N–H and O–H groups in total. The minimum atomic E-state index is -0.459. The quantitative estimate of drug-likeness (QED) is 0.154. The van der Waals surface area contributed by atoms with Crippen LogP contribution in [0.2, 0.25) is 0 Å². The highest BCUT2D eigenvalue weighted by atomic mass is 32.1. The number of thiophene rings is 1. The van der Waals surface area contributed by atoms with E-state index in [1.807, 2.05) is 11.3 Å². The molecule has 0 fully saturated rings. The Hall–Kier alpha value is -9.54. The van der Waals surface area contributed by atoms with Crippen molar-refractivity contribution in [1.29, 1.82) is 0 Å². The summed E-state index contributed by atoms with van der Waals surface area (Å²) in [6, 6.07) is 104. The van der Waals surface area contributed by atoms with Crippen LogP contribution in [-0.2, 0) is 5.41 Å². The van der Waals surface area contributed by atoms with Gasteiger partial charge in [0.1, 0.15) is 0 Å². The Kier molecular flexibility index (Phi) is 9.45. The molecule has 2 aromatic heterocycles. The third kappa shape index (κ3) is 6.09. The first-order chi connectivity index (χ1) is 37.7. The van der Waals surface area contributed by atoms with Gasteiger partial charge in [-0.2, -0.15) is 0 Å². The monoisotopic (exact) mass is 982 g/mol. The third-order valence-electron chi connectivity index (χ3n) is 16.4. The number of hydrogen-bond donors (Lipinski definition) is 0. The molecule has 0 amide bonds. The minimum Gasteiger partial charge on any atom is -0.310 e. The molecule has 16 rings (SSSR count). The van der Waals surface area contributed by atoms with Crippen LogP contribution < -0.4 is 4.90 Å². The van der Waals surface area contributed by atoms with Crippen molar-refractivity contribution in [2.45, 2.75) is 5.41 Å². The number of fused-ring (bicyclic) bond motifs is 16. The number of para-hydroxylation sites is 2. The van der Waals surface area contributed by atoms with Gasteiger partial charge in [0.05, 0.1) is 27.8 Å². The molecule has 76 heavy (non-hydrogen) atoms. The number of nitrogens with zero attached hydrogens (tertiary/aromatic N) is 2. The predicted octanol–water partition coefficient (Wildman–Crippen LogP) is 20.0. The molecule has 2 heterocycles. The zero-order valence-corrected chi connectivity index (χ0v) is 42.2. The fourth-order valence-electron chi connectivity index (χ4n) is 13.4. The second kappa shape index (κ2) is 16.7. The molecule has 2 aliphatic rings. The van der Waals surface area contributed by atoms with Crippen LogP contribution in [0.3, 0.4) is 0 Å². The molecule has 0 radical (unpaired) electrons. The van der Waals surface area contributed by atoms with Gasteiger partial charge < -0.3 is 9.47 Å². The van der Waals surface area contributed by atoms with Crippen molar-refractivity contribution in [3.63, 3.8) is 0 Å². The van der Waals surface area contributed by atoms with Crippen molar-refractivity contribution < 1.29 is 0 Å². The van der Waals surface area contributed by atoms with Gasteiger partial charge in [-0.25, -0.2) is 0 Å². The lowest BCUT2D eigenvalue weighted by Crippen LogP contribution is -2.26.